The van der Waals surface area contributed by atoms with Crippen LogP contribution in [-0.2, 0) is 6.42 Å². The first-order valence-corrected chi connectivity index (χ1v) is 8.15. The molecule has 1 saturated carbocycles. The maximum absolute atomic E-state index is 10.3. The molecule has 0 spiro atoms. The molecule has 0 amide bonds. The summed E-state index contributed by atoms with van der Waals surface area (Å²) in [6.07, 6.45) is 8.86. The average molecular weight is 277 g/mol. The highest BCUT2D eigenvalue weighted by Gasteiger charge is 2.35. The van der Waals surface area contributed by atoms with E-state index in [9.17, 15) is 5.11 Å². The number of aromatic nitrogens is 2. The number of aliphatic hydroxyl groups excluding tert-OH is 1. The zero-order valence-electron chi connectivity index (χ0n) is 12.5. The molecule has 2 heterocycles. The third-order valence-corrected chi connectivity index (χ3v) is 5.01. The number of likely N-dealkylation sites (tertiary alicyclic amines) is 1. The number of nitrogens with one attached hydrogen (secondary N) is 1. The molecular formula is C16H27N3O. The maximum atomic E-state index is 10.3. The predicted molar refractivity (Wildman–Crippen MR) is 79.6 cm³/mol. The number of aliphatic hydroxyl groups is 1. The fraction of sp³-hybridized carbons (Fsp3) is 0.812. The molecule has 4 nitrogen and oxygen atoms in total. The van der Waals surface area contributed by atoms with E-state index in [1.165, 1.54) is 38.5 Å². The Labute approximate surface area is 121 Å². The van der Waals surface area contributed by atoms with Crippen LogP contribution in [0.3, 0.4) is 0 Å². The lowest BCUT2D eigenvalue weighted by molar-refractivity contribution is 0.133. The standard InChI is InChI=1S/C16H27N3O/c1-12-8-14(18-17-12)9-13-10-19(11-16(13)20)15-6-4-2-3-5-7-15/h8,13,15-16,20H,2-7,9-11H2,1H3,(H,17,18)/t13-,16-/m1/s1. The summed E-state index contributed by atoms with van der Waals surface area (Å²) >= 11 is 0. The van der Waals surface area contributed by atoms with Crippen LogP contribution in [0.4, 0.5) is 0 Å². The molecule has 2 aliphatic rings. The summed E-state index contributed by atoms with van der Waals surface area (Å²) in [4.78, 5) is 2.54. The number of aryl methyl sites for hydroxylation is 1. The molecule has 0 aromatic carbocycles. The van der Waals surface area contributed by atoms with Gasteiger partial charge in [0.2, 0.25) is 0 Å². The summed E-state index contributed by atoms with van der Waals surface area (Å²) in [5.74, 6) is 0.348. The molecule has 2 fully saturated rings. The Hall–Kier alpha value is -0.870. The second-order valence-corrected chi connectivity index (χ2v) is 6.67. The van der Waals surface area contributed by atoms with Crippen molar-refractivity contribution in [2.45, 2.75) is 64.0 Å². The number of hydrogen-bond donors (Lipinski definition) is 2. The Bertz CT molecular complexity index is 423. The molecule has 4 heteroatoms. The molecule has 1 aromatic heterocycles. The van der Waals surface area contributed by atoms with Crippen LogP contribution in [0.15, 0.2) is 6.07 Å². The van der Waals surface area contributed by atoms with Gasteiger partial charge in [-0.2, -0.15) is 5.10 Å². The first kappa shape index (κ1) is 14.1. The van der Waals surface area contributed by atoms with Crippen molar-refractivity contribution in [3.05, 3.63) is 17.5 Å². The van der Waals surface area contributed by atoms with E-state index in [1.807, 2.05) is 6.92 Å². The summed E-state index contributed by atoms with van der Waals surface area (Å²) in [5.41, 5.74) is 2.20. The molecule has 1 aliphatic carbocycles. The zero-order chi connectivity index (χ0) is 13.9. The Balaban J connectivity index is 1.58. The molecule has 112 valence electrons. The summed E-state index contributed by atoms with van der Waals surface area (Å²) < 4.78 is 0. The van der Waals surface area contributed by atoms with Gasteiger partial charge in [-0.1, -0.05) is 25.7 Å². The van der Waals surface area contributed by atoms with E-state index in [2.05, 4.69) is 21.2 Å². The summed E-state index contributed by atoms with van der Waals surface area (Å²) in [6.45, 7) is 3.93. The summed E-state index contributed by atoms with van der Waals surface area (Å²) in [7, 11) is 0. The van der Waals surface area contributed by atoms with Crippen molar-refractivity contribution in [3.8, 4) is 0 Å². The largest absolute Gasteiger partial charge is 0.391 e. The smallest absolute Gasteiger partial charge is 0.0711 e. The van der Waals surface area contributed by atoms with E-state index >= 15 is 0 Å². The van der Waals surface area contributed by atoms with Crippen molar-refractivity contribution in [2.75, 3.05) is 13.1 Å². The minimum absolute atomic E-state index is 0.185. The molecule has 0 unspecified atom stereocenters. The van der Waals surface area contributed by atoms with Gasteiger partial charge in [-0.25, -0.2) is 0 Å². The predicted octanol–water partition coefficient (Wildman–Crippen LogP) is 2.28. The lowest BCUT2D eigenvalue weighted by Crippen LogP contribution is -2.33. The van der Waals surface area contributed by atoms with Crippen molar-refractivity contribution >= 4 is 0 Å². The van der Waals surface area contributed by atoms with E-state index < -0.39 is 0 Å². The summed E-state index contributed by atoms with van der Waals surface area (Å²) in [6, 6.07) is 2.80. The van der Waals surface area contributed by atoms with Crippen LogP contribution in [0.5, 0.6) is 0 Å². The highest BCUT2D eigenvalue weighted by Crippen LogP contribution is 2.28. The molecule has 1 aliphatic heterocycles. The summed E-state index contributed by atoms with van der Waals surface area (Å²) in [5, 5.41) is 17.7. The van der Waals surface area contributed by atoms with Gasteiger partial charge >= 0.3 is 0 Å². The molecule has 1 saturated heterocycles. The Morgan fingerprint density at radius 2 is 2.00 bits per heavy atom. The molecule has 20 heavy (non-hydrogen) atoms. The van der Waals surface area contributed by atoms with Crippen molar-refractivity contribution in [1.29, 1.82) is 0 Å². The van der Waals surface area contributed by atoms with Crippen molar-refractivity contribution < 1.29 is 5.11 Å². The number of β-amino-alcohol motifs (C(OH)–C–C–N with tert-alkyl or cyclic N) is 1. The zero-order valence-corrected chi connectivity index (χ0v) is 12.5. The molecule has 2 N–H and O–H groups in total. The van der Waals surface area contributed by atoms with Crippen LogP contribution < -0.4 is 0 Å². The monoisotopic (exact) mass is 277 g/mol. The molecule has 1 aromatic rings. The van der Waals surface area contributed by atoms with Gasteiger partial charge < -0.3 is 5.11 Å². The third kappa shape index (κ3) is 3.23. The highest BCUT2D eigenvalue weighted by atomic mass is 16.3. The van der Waals surface area contributed by atoms with Gasteiger partial charge in [0.25, 0.3) is 0 Å². The number of nitrogens with zero attached hydrogens (tertiary/aromatic N) is 2. The van der Waals surface area contributed by atoms with Gasteiger partial charge in [0.05, 0.1) is 11.8 Å². The first-order chi connectivity index (χ1) is 9.72. The second kappa shape index (κ2) is 6.27. The average Bonchev–Trinajstić information content (AvgIpc) is 2.88. The van der Waals surface area contributed by atoms with Gasteiger partial charge in [-0.05, 0) is 32.3 Å². The minimum Gasteiger partial charge on any atom is -0.391 e. The Kier molecular flexibility index (Phi) is 4.41. The van der Waals surface area contributed by atoms with Gasteiger partial charge in [-0.3, -0.25) is 10.00 Å². The topological polar surface area (TPSA) is 52.1 Å². The highest BCUT2D eigenvalue weighted by molar-refractivity contribution is 5.08. The molecule has 0 radical (unpaired) electrons. The van der Waals surface area contributed by atoms with Gasteiger partial charge in [-0.15, -0.1) is 0 Å². The quantitative estimate of drug-likeness (QED) is 0.833. The number of hydrogen-bond acceptors (Lipinski definition) is 3. The second-order valence-electron chi connectivity index (χ2n) is 6.67. The SMILES string of the molecule is Cc1cc(C[C@@H]2CN(C3CCCCCC3)C[C@H]2O)n[nH]1. The Morgan fingerprint density at radius 3 is 2.65 bits per heavy atom. The minimum atomic E-state index is -0.185. The third-order valence-electron chi connectivity index (χ3n) is 5.01. The van der Waals surface area contributed by atoms with Gasteiger partial charge in [0.15, 0.2) is 0 Å². The lowest BCUT2D eigenvalue weighted by atomic mass is 10.00. The fourth-order valence-corrected chi connectivity index (χ4v) is 3.86. The lowest BCUT2D eigenvalue weighted by Gasteiger charge is -2.26. The Morgan fingerprint density at radius 1 is 1.25 bits per heavy atom. The van der Waals surface area contributed by atoms with Crippen molar-refractivity contribution in [1.82, 2.24) is 15.1 Å². The van der Waals surface area contributed by atoms with Crippen LogP contribution in [0.25, 0.3) is 0 Å². The number of aromatic amines is 1. The fourth-order valence-electron chi connectivity index (χ4n) is 3.86. The van der Waals surface area contributed by atoms with E-state index in [1.54, 1.807) is 0 Å². The molecule has 0 bridgehead atoms. The van der Waals surface area contributed by atoms with Crippen LogP contribution in [-0.4, -0.2) is 45.4 Å². The van der Waals surface area contributed by atoms with E-state index in [0.29, 0.717) is 12.0 Å². The van der Waals surface area contributed by atoms with E-state index in [-0.39, 0.29) is 6.10 Å². The number of rotatable bonds is 3. The molecule has 3 rings (SSSR count). The first-order valence-electron chi connectivity index (χ1n) is 8.15. The maximum Gasteiger partial charge on any atom is 0.0711 e. The molecule has 2 atom stereocenters. The van der Waals surface area contributed by atoms with Crippen LogP contribution in [0.2, 0.25) is 0 Å². The number of H-pyrrole nitrogens is 1. The van der Waals surface area contributed by atoms with Crippen molar-refractivity contribution in [2.24, 2.45) is 5.92 Å². The van der Waals surface area contributed by atoms with Crippen LogP contribution in [0, 0.1) is 12.8 Å². The normalized spacial score (nSPS) is 29.7. The van der Waals surface area contributed by atoms with Crippen molar-refractivity contribution in [3.63, 3.8) is 0 Å². The molecular weight excluding hydrogens is 250 g/mol. The van der Waals surface area contributed by atoms with Crippen LogP contribution >= 0.6 is 0 Å². The van der Waals surface area contributed by atoms with Crippen LogP contribution in [0.1, 0.15) is 49.9 Å². The van der Waals surface area contributed by atoms with Gasteiger partial charge in [0.1, 0.15) is 0 Å². The van der Waals surface area contributed by atoms with E-state index in [0.717, 1.165) is 30.9 Å². The van der Waals surface area contributed by atoms with Gasteiger partial charge in [0, 0.05) is 30.7 Å². The van der Waals surface area contributed by atoms with E-state index in [4.69, 9.17) is 0 Å².